The molecule has 0 saturated heterocycles. The van der Waals surface area contributed by atoms with Gasteiger partial charge in [-0.3, -0.25) is 4.79 Å². The van der Waals surface area contributed by atoms with E-state index in [1.165, 1.54) is 77.7 Å². The van der Waals surface area contributed by atoms with Gasteiger partial charge in [-0.25, -0.2) is 0 Å². The van der Waals surface area contributed by atoms with Crippen molar-refractivity contribution < 1.29 is 9.53 Å². The molecule has 3 heteroatoms. The first-order valence-electron chi connectivity index (χ1n) is 8.53. The SMILES string of the molecule is CCCCCCCCCCCCCC(P)CC(=O)OC. The highest BCUT2D eigenvalue weighted by molar-refractivity contribution is 7.17. The Kier molecular flexibility index (Phi) is 15.2. The van der Waals surface area contributed by atoms with Gasteiger partial charge in [0, 0.05) is 0 Å². The summed E-state index contributed by atoms with van der Waals surface area (Å²) in [4.78, 5) is 11.1. The Labute approximate surface area is 128 Å². The number of ether oxygens (including phenoxy) is 1. The van der Waals surface area contributed by atoms with Crippen molar-refractivity contribution >= 4 is 15.2 Å². The van der Waals surface area contributed by atoms with E-state index in [1.54, 1.807) is 0 Å². The fraction of sp³-hybridized carbons (Fsp3) is 0.941. The quantitative estimate of drug-likeness (QED) is 0.241. The number of methoxy groups -OCH3 is 1. The lowest BCUT2D eigenvalue weighted by Gasteiger charge is -2.09. The number of esters is 1. The lowest BCUT2D eigenvalue weighted by Crippen LogP contribution is -2.08. The van der Waals surface area contributed by atoms with Crippen LogP contribution in [0.15, 0.2) is 0 Å². The second kappa shape index (κ2) is 15.3. The van der Waals surface area contributed by atoms with Crippen molar-refractivity contribution in [3.05, 3.63) is 0 Å². The van der Waals surface area contributed by atoms with Crippen molar-refractivity contribution in [3.63, 3.8) is 0 Å². The molecule has 0 heterocycles. The van der Waals surface area contributed by atoms with Gasteiger partial charge in [0.1, 0.15) is 0 Å². The fourth-order valence-electron chi connectivity index (χ4n) is 2.47. The third kappa shape index (κ3) is 14.3. The van der Waals surface area contributed by atoms with E-state index in [0.717, 1.165) is 6.42 Å². The minimum absolute atomic E-state index is 0.0897. The smallest absolute Gasteiger partial charge is 0.306 e. The molecule has 0 fully saturated rings. The van der Waals surface area contributed by atoms with E-state index in [9.17, 15) is 4.79 Å². The molecule has 20 heavy (non-hydrogen) atoms. The van der Waals surface area contributed by atoms with Crippen LogP contribution in [-0.4, -0.2) is 18.7 Å². The van der Waals surface area contributed by atoms with Gasteiger partial charge in [-0.15, -0.1) is 9.24 Å². The van der Waals surface area contributed by atoms with Gasteiger partial charge in [-0.05, 0) is 12.1 Å². The predicted octanol–water partition coefficient (Wildman–Crippen LogP) is 5.49. The Morgan fingerprint density at radius 1 is 0.900 bits per heavy atom. The maximum absolute atomic E-state index is 11.1. The molecule has 0 aliphatic heterocycles. The van der Waals surface area contributed by atoms with Crippen molar-refractivity contribution in [2.24, 2.45) is 0 Å². The van der Waals surface area contributed by atoms with Crippen LogP contribution < -0.4 is 0 Å². The zero-order valence-corrected chi connectivity index (χ0v) is 14.8. The Hall–Kier alpha value is -0.100. The zero-order valence-electron chi connectivity index (χ0n) is 13.7. The summed E-state index contributed by atoms with van der Waals surface area (Å²) < 4.78 is 4.68. The molecule has 0 bridgehead atoms. The molecule has 0 amide bonds. The molecule has 0 aromatic rings. The Bertz CT molecular complexity index is 219. The van der Waals surface area contributed by atoms with Gasteiger partial charge in [-0.1, -0.05) is 77.6 Å². The maximum atomic E-state index is 11.1. The number of carbonyl (C=O) groups is 1. The van der Waals surface area contributed by atoms with Crippen LogP contribution in [0.25, 0.3) is 0 Å². The summed E-state index contributed by atoms with van der Waals surface area (Å²) in [5.41, 5.74) is 0.390. The molecule has 0 rings (SSSR count). The first kappa shape index (κ1) is 19.9. The molecule has 0 saturated carbocycles. The van der Waals surface area contributed by atoms with E-state index in [-0.39, 0.29) is 5.97 Å². The van der Waals surface area contributed by atoms with Crippen LogP contribution in [0.4, 0.5) is 0 Å². The fourth-order valence-corrected chi connectivity index (χ4v) is 2.90. The van der Waals surface area contributed by atoms with Crippen molar-refractivity contribution in [2.45, 2.75) is 96.1 Å². The summed E-state index contributed by atoms with van der Waals surface area (Å²) in [6.45, 7) is 2.27. The average Bonchev–Trinajstić information content (AvgIpc) is 2.44. The molecule has 2 nitrogen and oxygen atoms in total. The standard InChI is InChI=1S/C17H35O2P/c1-3-4-5-6-7-8-9-10-11-12-13-14-16(20)15-17(18)19-2/h16H,3-15,20H2,1-2H3. The number of rotatable bonds is 14. The first-order chi connectivity index (χ1) is 9.70. The first-order valence-corrected chi connectivity index (χ1v) is 9.19. The monoisotopic (exact) mass is 302 g/mol. The van der Waals surface area contributed by atoms with E-state index >= 15 is 0 Å². The van der Waals surface area contributed by atoms with Crippen LogP contribution in [0.3, 0.4) is 0 Å². The molecule has 120 valence electrons. The molecule has 0 aromatic carbocycles. The average molecular weight is 302 g/mol. The third-order valence-electron chi connectivity index (χ3n) is 3.83. The minimum Gasteiger partial charge on any atom is -0.469 e. The van der Waals surface area contributed by atoms with Crippen LogP contribution in [0.2, 0.25) is 0 Å². The van der Waals surface area contributed by atoms with E-state index < -0.39 is 0 Å². The largest absolute Gasteiger partial charge is 0.469 e. The molecule has 2 atom stereocenters. The predicted molar refractivity (Wildman–Crippen MR) is 91.2 cm³/mol. The topological polar surface area (TPSA) is 26.3 Å². The molecule has 0 spiro atoms. The van der Waals surface area contributed by atoms with Gasteiger partial charge in [0.25, 0.3) is 0 Å². The normalized spacial score (nSPS) is 12.3. The zero-order chi connectivity index (χ0) is 15.1. The lowest BCUT2D eigenvalue weighted by atomic mass is 10.0. The lowest BCUT2D eigenvalue weighted by molar-refractivity contribution is -0.140. The van der Waals surface area contributed by atoms with Gasteiger partial charge in [0.15, 0.2) is 0 Å². The summed E-state index contributed by atoms with van der Waals surface area (Å²) in [7, 11) is 4.23. The van der Waals surface area contributed by atoms with Crippen LogP contribution in [-0.2, 0) is 9.53 Å². The van der Waals surface area contributed by atoms with E-state index in [1.807, 2.05) is 0 Å². The molecular weight excluding hydrogens is 267 g/mol. The summed E-state index contributed by atoms with van der Waals surface area (Å²) in [5.74, 6) is -0.0897. The molecular formula is C17H35O2P. The molecule has 2 unspecified atom stereocenters. The van der Waals surface area contributed by atoms with Gasteiger partial charge >= 0.3 is 5.97 Å². The highest BCUT2D eigenvalue weighted by Gasteiger charge is 2.08. The summed E-state index contributed by atoms with van der Waals surface area (Å²) in [6.07, 6.45) is 16.8. The van der Waals surface area contributed by atoms with E-state index in [2.05, 4.69) is 20.9 Å². The van der Waals surface area contributed by atoms with Gasteiger partial charge in [-0.2, -0.15) is 0 Å². The van der Waals surface area contributed by atoms with E-state index in [0.29, 0.717) is 12.1 Å². The van der Waals surface area contributed by atoms with E-state index in [4.69, 9.17) is 0 Å². The summed E-state index contributed by atoms with van der Waals surface area (Å²) >= 11 is 0. The van der Waals surface area contributed by atoms with Crippen LogP contribution in [0.5, 0.6) is 0 Å². The van der Waals surface area contributed by atoms with Gasteiger partial charge in [0.05, 0.1) is 13.5 Å². The molecule has 0 radical (unpaired) electrons. The maximum Gasteiger partial charge on any atom is 0.306 e. The highest BCUT2D eigenvalue weighted by atomic mass is 31.0. The summed E-state index contributed by atoms with van der Waals surface area (Å²) in [6, 6.07) is 0. The van der Waals surface area contributed by atoms with Crippen molar-refractivity contribution in [1.29, 1.82) is 0 Å². The number of hydrogen-bond acceptors (Lipinski definition) is 2. The Morgan fingerprint density at radius 3 is 1.80 bits per heavy atom. The van der Waals surface area contributed by atoms with Gasteiger partial charge in [0.2, 0.25) is 0 Å². The molecule has 0 aliphatic carbocycles. The Morgan fingerprint density at radius 2 is 1.35 bits per heavy atom. The van der Waals surface area contributed by atoms with Crippen molar-refractivity contribution in [3.8, 4) is 0 Å². The van der Waals surface area contributed by atoms with Gasteiger partial charge < -0.3 is 4.74 Å². The third-order valence-corrected chi connectivity index (χ3v) is 4.40. The Balaban J connectivity index is 3.14. The number of carbonyl (C=O) groups excluding carboxylic acids is 1. The minimum atomic E-state index is -0.0897. The van der Waals surface area contributed by atoms with Crippen molar-refractivity contribution in [1.82, 2.24) is 0 Å². The van der Waals surface area contributed by atoms with Crippen molar-refractivity contribution in [2.75, 3.05) is 7.11 Å². The van der Waals surface area contributed by atoms with Crippen LogP contribution in [0.1, 0.15) is 90.4 Å². The van der Waals surface area contributed by atoms with Crippen LogP contribution in [0, 0.1) is 0 Å². The number of unbranched alkanes of at least 4 members (excludes halogenated alkanes) is 10. The molecule has 0 aromatic heterocycles. The molecule has 0 aliphatic rings. The molecule has 0 N–H and O–H groups in total. The summed E-state index contributed by atoms with van der Waals surface area (Å²) in [5, 5.41) is 0. The second-order valence-corrected chi connectivity index (χ2v) is 6.81. The number of hydrogen-bond donors (Lipinski definition) is 0. The highest BCUT2D eigenvalue weighted by Crippen LogP contribution is 2.17. The van der Waals surface area contributed by atoms with Crippen LogP contribution >= 0.6 is 9.24 Å². The second-order valence-electron chi connectivity index (χ2n) is 5.86.